The van der Waals surface area contributed by atoms with Crippen LogP contribution in [0.15, 0.2) is 22.8 Å². The summed E-state index contributed by atoms with van der Waals surface area (Å²) < 4.78 is 6.07. The van der Waals surface area contributed by atoms with E-state index in [0.29, 0.717) is 12.3 Å². The van der Waals surface area contributed by atoms with Crippen LogP contribution < -0.4 is 0 Å². The number of pyridine rings is 1. The lowest BCUT2D eigenvalue weighted by molar-refractivity contribution is 0.0990. The summed E-state index contributed by atoms with van der Waals surface area (Å²) in [5, 5.41) is 8.75. The molecule has 1 unspecified atom stereocenters. The van der Waals surface area contributed by atoms with Gasteiger partial charge >= 0.3 is 0 Å². The first-order valence-electron chi connectivity index (χ1n) is 3.90. The molecule has 4 heteroatoms. The highest BCUT2D eigenvalue weighted by Crippen LogP contribution is 2.16. The molecule has 0 aliphatic carbocycles. The lowest BCUT2D eigenvalue weighted by atomic mass is 10.2. The molecular formula is C9H9BrN2O. The standard InChI is InChI=1S/C9H9BrN2O/c1-2-13-9(5-11)8-4-3-7(10)6-12-8/h3-4,6,9H,2H2,1H3. The van der Waals surface area contributed by atoms with Crippen molar-refractivity contribution in [1.29, 1.82) is 5.26 Å². The Hall–Kier alpha value is -0.920. The molecule has 0 aliphatic heterocycles. The summed E-state index contributed by atoms with van der Waals surface area (Å²) >= 11 is 3.27. The van der Waals surface area contributed by atoms with Crippen molar-refractivity contribution in [2.45, 2.75) is 13.0 Å². The summed E-state index contributed by atoms with van der Waals surface area (Å²) in [6.45, 7) is 2.36. The fourth-order valence-electron chi connectivity index (χ4n) is 0.898. The van der Waals surface area contributed by atoms with Crippen LogP contribution in [-0.4, -0.2) is 11.6 Å². The smallest absolute Gasteiger partial charge is 0.185 e. The molecular weight excluding hydrogens is 232 g/mol. The number of nitrogens with zero attached hydrogens (tertiary/aromatic N) is 2. The van der Waals surface area contributed by atoms with Crippen LogP contribution in [-0.2, 0) is 4.74 Å². The van der Waals surface area contributed by atoms with E-state index in [0.717, 1.165) is 4.47 Å². The predicted octanol–water partition coefficient (Wildman–Crippen LogP) is 2.45. The zero-order valence-corrected chi connectivity index (χ0v) is 8.78. The largest absolute Gasteiger partial charge is 0.357 e. The van der Waals surface area contributed by atoms with Gasteiger partial charge in [-0.25, -0.2) is 0 Å². The molecule has 0 N–H and O–H groups in total. The molecule has 0 aliphatic rings. The minimum atomic E-state index is -0.557. The summed E-state index contributed by atoms with van der Waals surface area (Å²) in [6, 6.07) is 5.65. The van der Waals surface area contributed by atoms with Gasteiger partial charge in [0.1, 0.15) is 6.07 Å². The molecule has 0 saturated carbocycles. The van der Waals surface area contributed by atoms with Gasteiger partial charge in [-0.2, -0.15) is 5.26 Å². The molecule has 0 aromatic carbocycles. The first-order chi connectivity index (χ1) is 6.27. The van der Waals surface area contributed by atoms with Gasteiger partial charge in [0.2, 0.25) is 0 Å². The Labute approximate surface area is 85.5 Å². The summed E-state index contributed by atoms with van der Waals surface area (Å²) in [6.07, 6.45) is 1.09. The number of halogens is 1. The van der Waals surface area contributed by atoms with Crippen molar-refractivity contribution in [1.82, 2.24) is 4.98 Å². The van der Waals surface area contributed by atoms with Crippen LogP contribution >= 0.6 is 15.9 Å². The van der Waals surface area contributed by atoms with E-state index < -0.39 is 6.10 Å². The maximum absolute atomic E-state index is 8.75. The first kappa shape index (κ1) is 10.2. The summed E-state index contributed by atoms with van der Waals surface area (Å²) in [5.74, 6) is 0. The van der Waals surface area contributed by atoms with Crippen molar-refractivity contribution in [2.24, 2.45) is 0 Å². The van der Waals surface area contributed by atoms with Gasteiger partial charge in [0.05, 0.1) is 5.69 Å². The molecule has 0 bridgehead atoms. The summed E-state index contributed by atoms with van der Waals surface area (Å²) in [7, 11) is 0. The third kappa shape index (κ3) is 2.79. The van der Waals surface area contributed by atoms with Gasteiger partial charge in [-0.05, 0) is 35.0 Å². The highest BCUT2D eigenvalue weighted by atomic mass is 79.9. The lowest BCUT2D eigenvalue weighted by Gasteiger charge is -2.07. The fraction of sp³-hybridized carbons (Fsp3) is 0.333. The van der Waals surface area contributed by atoms with Gasteiger partial charge in [0, 0.05) is 17.3 Å². The third-order valence-corrected chi connectivity index (χ3v) is 1.94. The van der Waals surface area contributed by atoms with Crippen LogP contribution in [0.3, 0.4) is 0 Å². The summed E-state index contributed by atoms with van der Waals surface area (Å²) in [5.41, 5.74) is 0.646. The Morgan fingerprint density at radius 1 is 1.69 bits per heavy atom. The molecule has 1 aromatic heterocycles. The lowest BCUT2D eigenvalue weighted by Crippen LogP contribution is -2.03. The zero-order valence-electron chi connectivity index (χ0n) is 7.20. The number of hydrogen-bond donors (Lipinski definition) is 0. The average Bonchev–Trinajstić information content (AvgIpc) is 2.16. The summed E-state index contributed by atoms with van der Waals surface area (Å²) in [4.78, 5) is 4.07. The molecule has 0 amide bonds. The van der Waals surface area contributed by atoms with Gasteiger partial charge in [0.15, 0.2) is 6.10 Å². The SMILES string of the molecule is CCOC(C#N)c1ccc(Br)cn1. The minimum absolute atomic E-state index is 0.510. The van der Waals surface area contributed by atoms with Crippen molar-refractivity contribution < 1.29 is 4.74 Å². The quantitative estimate of drug-likeness (QED) is 0.816. The Balaban J connectivity index is 2.81. The van der Waals surface area contributed by atoms with Gasteiger partial charge in [-0.15, -0.1) is 0 Å². The second-order valence-corrected chi connectivity index (χ2v) is 3.28. The number of rotatable bonds is 3. The number of nitriles is 1. The van der Waals surface area contributed by atoms with E-state index in [2.05, 4.69) is 20.9 Å². The maximum atomic E-state index is 8.75. The molecule has 1 atom stereocenters. The third-order valence-electron chi connectivity index (χ3n) is 1.47. The second-order valence-electron chi connectivity index (χ2n) is 2.37. The number of ether oxygens (including phenoxy) is 1. The molecule has 0 fully saturated rings. The highest BCUT2D eigenvalue weighted by molar-refractivity contribution is 9.10. The van der Waals surface area contributed by atoms with Gasteiger partial charge in [-0.3, -0.25) is 4.98 Å². The van der Waals surface area contributed by atoms with Crippen molar-refractivity contribution in [2.75, 3.05) is 6.61 Å². The second kappa shape index (κ2) is 4.95. The van der Waals surface area contributed by atoms with Crippen molar-refractivity contribution in [3.63, 3.8) is 0 Å². The molecule has 68 valence electrons. The number of aromatic nitrogens is 1. The van der Waals surface area contributed by atoms with E-state index in [1.165, 1.54) is 0 Å². The van der Waals surface area contributed by atoms with E-state index in [-0.39, 0.29) is 0 Å². The Kier molecular flexibility index (Phi) is 3.87. The monoisotopic (exact) mass is 240 g/mol. The van der Waals surface area contributed by atoms with Gasteiger partial charge in [0.25, 0.3) is 0 Å². The number of hydrogen-bond acceptors (Lipinski definition) is 3. The van der Waals surface area contributed by atoms with Crippen LogP contribution in [0.2, 0.25) is 0 Å². The van der Waals surface area contributed by atoms with Crippen LogP contribution in [0.1, 0.15) is 18.7 Å². The molecule has 3 nitrogen and oxygen atoms in total. The highest BCUT2D eigenvalue weighted by Gasteiger charge is 2.10. The van der Waals surface area contributed by atoms with Gasteiger partial charge < -0.3 is 4.74 Å². The fourth-order valence-corrected chi connectivity index (χ4v) is 1.13. The molecule has 0 spiro atoms. The molecule has 1 aromatic rings. The van der Waals surface area contributed by atoms with E-state index >= 15 is 0 Å². The Bertz CT molecular complexity index is 304. The van der Waals surface area contributed by atoms with Gasteiger partial charge in [-0.1, -0.05) is 0 Å². The van der Waals surface area contributed by atoms with Crippen molar-refractivity contribution in [3.8, 4) is 6.07 Å². The predicted molar refractivity (Wildman–Crippen MR) is 51.9 cm³/mol. The molecule has 1 rings (SSSR count). The minimum Gasteiger partial charge on any atom is -0.357 e. The van der Waals surface area contributed by atoms with E-state index in [1.54, 1.807) is 12.3 Å². The molecule has 13 heavy (non-hydrogen) atoms. The Morgan fingerprint density at radius 2 is 2.46 bits per heavy atom. The molecule has 1 heterocycles. The van der Waals surface area contributed by atoms with Crippen LogP contribution in [0, 0.1) is 11.3 Å². The maximum Gasteiger partial charge on any atom is 0.185 e. The Morgan fingerprint density at radius 3 is 2.92 bits per heavy atom. The molecule has 0 radical (unpaired) electrons. The van der Waals surface area contributed by atoms with E-state index in [1.807, 2.05) is 19.1 Å². The van der Waals surface area contributed by atoms with E-state index in [9.17, 15) is 0 Å². The topological polar surface area (TPSA) is 45.9 Å². The molecule has 0 saturated heterocycles. The van der Waals surface area contributed by atoms with Crippen LogP contribution in [0.25, 0.3) is 0 Å². The zero-order chi connectivity index (χ0) is 9.68. The van der Waals surface area contributed by atoms with Crippen LogP contribution in [0.4, 0.5) is 0 Å². The average molecular weight is 241 g/mol. The first-order valence-corrected chi connectivity index (χ1v) is 4.70. The normalized spacial score (nSPS) is 12.1. The van der Waals surface area contributed by atoms with E-state index in [4.69, 9.17) is 10.00 Å². The van der Waals surface area contributed by atoms with Crippen LogP contribution in [0.5, 0.6) is 0 Å². The van der Waals surface area contributed by atoms with Crippen molar-refractivity contribution in [3.05, 3.63) is 28.5 Å². The van der Waals surface area contributed by atoms with Crippen molar-refractivity contribution >= 4 is 15.9 Å².